The molecule has 4 rings (SSSR count). The van der Waals surface area contributed by atoms with E-state index in [2.05, 4.69) is 9.55 Å². The third-order valence-corrected chi connectivity index (χ3v) is 4.88. The van der Waals surface area contributed by atoms with Crippen LogP contribution in [0.3, 0.4) is 0 Å². The van der Waals surface area contributed by atoms with Crippen LogP contribution in [0.15, 0.2) is 54.7 Å². The molecule has 1 amide bonds. The van der Waals surface area contributed by atoms with Gasteiger partial charge in [0.15, 0.2) is 0 Å². The maximum Gasteiger partial charge on any atom is 0.254 e. The van der Waals surface area contributed by atoms with Gasteiger partial charge in [-0.15, -0.1) is 0 Å². The third kappa shape index (κ3) is 3.30. The van der Waals surface area contributed by atoms with E-state index in [9.17, 15) is 9.18 Å². The number of benzene rings is 2. The van der Waals surface area contributed by atoms with Crippen LogP contribution in [0.2, 0.25) is 0 Å². The van der Waals surface area contributed by atoms with Gasteiger partial charge in [0.1, 0.15) is 11.6 Å². The van der Waals surface area contributed by atoms with Gasteiger partial charge < -0.3 is 14.4 Å². The maximum absolute atomic E-state index is 13.6. The summed E-state index contributed by atoms with van der Waals surface area (Å²) < 4.78 is 15.6. The van der Waals surface area contributed by atoms with Crippen LogP contribution in [0, 0.1) is 5.82 Å². The van der Waals surface area contributed by atoms with Gasteiger partial charge in [-0.1, -0.05) is 18.2 Å². The molecule has 1 aliphatic heterocycles. The smallest absolute Gasteiger partial charge is 0.254 e. The van der Waals surface area contributed by atoms with Crippen LogP contribution < -0.4 is 4.90 Å². The number of amides is 1. The van der Waals surface area contributed by atoms with Crippen LogP contribution in [0.1, 0.15) is 16.2 Å². The Kier molecular flexibility index (Phi) is 4.39. The summed E-state index contributed by atoms with van der Waals surface area (Å²) in [5, 5.41) is 0. The fourth-order valence-corrected chi connectivity index (χ4v) is 3.41. The minimum absolute atomic E-state index is 0.000237. The summed E-state index contributed by atoms with van der Waals surface area (Å²) in [4.78, 5) is 21.2. The van der Waals surface area contributed by atoms with Gasteiger partial charge in [0.05, 0.1) is 18.4 Å². The highest BCUT2D eigenvalue weighted by Gasteiger charge is 2.25. The number of carbonyl (C=O) groups is 1. The minimum Gasteiger partial charge on any atom is -0.378 e. The summed E-state index contributed by atoms with van der Waals surface area (Å²) in [5.41, 5.74) is 3.35. The van der Waals surface area contributed by atoms with Gasteiger partial charge in [-0.25, -0.2) is 9.37 Å². The number of rotatable bonds is 3. The zero-order chi connectivity index (χ0) is 19.0. The van der Waals surface area contributed by atoms with Crippen LogP contribution in [-0.4, -0.2) is 41.0 Å². The molecule has 2 heterocycles. The molecule has 5 nitrogen and oxygen atoms in total. The molecule has 0 bridgehead atoms. The summed E-state index contributed by atoms with van der Waals surface area (Å²) in [6, 6.07) is 14.1. The summed E-state index contributed by atoms with van der Waals surface area (Å²) in [6.07, 6.45) is 1.75. The Hall–Kier alpha value is -3.15. The molecule has 0 fully saturated rings. The molecule has 0 radical (unpaired) electrons. The van der Waals surface area contributed by atoms with E-state index >= 15 is 0 Å². The highest BCUT2D eigenvalue weighted by molar-refractivity contribution is 5.95. The molecule has 0 N–H and O–H groups in total. The number of carbonyl (C=O) groups excluding carboxylic acids is 1. The standard InChI is InChI=1S/C21H21FN4O/c1-24(2)18-8-4-6-16(12-18)21(27)25-9-10-26-19(13-23-20(26)14-25)15-5-3-7-17(22)11-15/h3-8,11-13H,9-10,14H2,1-2H3. The second-order valence-corrected chi connectivity index (χ2v) is 6.89. The molecule has 1 aromatic heterocycles. The highest BCUT2D eigenvalue weighted by Crippen LogP contribution is 2.25. The number of nitrogens with zero attached hydrogens (tertiary/aromatic N) is 4. The number of fused-ring (bicyclic) bond motifs is 1. The zero-order valence-electron chi connectivity index (χ0n) is 15.4. The largest absolute Gasteiger partial charge is 0.378 e. The lowest BCUT2D eigenvalue weighted by Gasteiger charge is -2.29. The molecule has 0 aliphatic carbocycles. The Balaban J connectivity index is 1.57. The fraction of sp³-hybridized carbons (Fsp3) is 0.238. The average Bonchev–Trinajstić information content (AvgIpc) is 3.10. The van der Waals surface area contributed by atoms with Gasteiger partial charge >= 0.3 is 0 Å². The van der Waals surface area contributed by atoms with Gasteiger partial charge in [0.25, 0.3) is 5.91 Å². The van der Waals surface area contributed by atoms with Crippen LogP contribution in [0.4, 0.5) is 10.1 Å². The Morgan fingerprint density at radius 3 is 2.70 bits per heavy atom. The molecule has 3 aromatic rings. The molecular weight excluding hydrogens is 343 g/mol. The lowest BCUT2D eigenvalue weighted by molar-refractivity contribution is 0.0708. The first-order valence-electron chi connectivity index (χ1n) is 8.90. The van der Waals surface area contributed by atoms with Crippen molar-refractivity contribution in [2.75, 3.05) is 25.5 Å². The molecule has 0 unspecified atom stereocenters. The Bertz CT molecular complexity index is 995. The predicted molar refractivity (Wildman–Crippen MR) is 103 cm³/mol. The lowest BCUT2D eigenvalue weighted by Crippen LogP contribution is -2.38. The third-order valence-electron chi connectivity index (χ3n) is 4.88. The first-order valence-corrected chi connectivity index (χ1v) is 8.90. The molecular formula is C21H21FN4O. The van der Waals surface area contributed by atoms with E-state index in [0.29, 0.717) is 25.2 Å². The van der Waals surface area contributed by atoms with E-state index in [0.717, 1.165) is 22.8 Å². The first kappa shape index (κ1) is 17.3. The van der Waals surface area contributed by atoms with E-state index in [1.807, 2.05) is 54.2 Å². The summed E-state index contributed by atoms with van der Waals surface area (Å²) in [7, 11) is 3.91. The van der Waals surface area contributed by atoms with Crippen molar-refractivity contribution >= 4 is 11.6 Å². The van der Waals surface area contributed by atoms with Crippen LogP contribution >= 0.6 is 0 Å². The second-order valence-electron chi connectivity index (χ2n) is 6.89. The van der Waals surface area contributed by atoms with E-state index in [-0.39, 0.29) is 11.7 Å². The molecule has 0 atom stereocenters. The normalized spacial score (nSPS) is 13.4. The van der Waals surface area contributed by atoms with E-state index in [1.165, 1.54) is 12.1 Å². The number of imidazole rings is 1. The van der Waals surface area contributed by atoms with Crippen molar-refractivity contribution in [2.45, 2.75) is 13.1 Å². The quantitative estimate of drug-likeness (QED) is 0.715. The molecule has 27 heavy (non-hydrogen) atoms. The van der Waals surface area contributed by atoms with Crippen molar-refractivity contribution in [1.82, 2.24) is 14.5 Å². The van der Waals surface area contributed by atoms with Crippen LogP contribution in [0.25, 0.3) is 11.3 Å². The monoisotopic (exact) mass is 364 g/mol. The zero-order valence-corrected chi connectivity index (χ0v) is 15.4. The van der Waals surface area contributed by atoms with Crippen LogP contribution in [0.5, 0.6) is 0 Å². The number of hydrogen-bond donors (Lipinski definition) is 0. The predicted octanol–water partition coefficient (Wildman–Crippen LogP) is 3.41. The topological polar surface area (TPSA) is 41.4 Å². The summed E-state index contributed by atoms with van der Waals surface area (Å²) in [6.45, 7) is 1.68. The highest BCUT2D eigenvalue weighted by atomic mass is 19.1. The van der Waals surface area contributed by atoms with E-state index < -0.39 is 0 Å². The van der Waals surface area contributed by atoms with Crippen molar-refractivity contribution in [3.05, 3.63) is 71.9 Å². The molecule has 0 saturated heterocycles. The number of anilines is 1. The average molecular weight is 364 g/mol. The second kappa shape index (κ2) is 6.87. The summed E-state index contributed by atoms with van der Waals surface area (Å²) in [5.74, 6) is 0.550. The van der Waals surface area contributed by atoms with Crippen LogP contribution in [-0.2, 0) is 13.1 Å². The molecule has 138 valence electrons. The van der Waals surface area contributed by atoms with Crippen molar-refractivity contribution in [3.63, 3.8) is 0 Å². The molecule has 2 aromatic carbocycles. The van der Waals surface area contributed by atoms with Crippen molar-refractivity contribution in [1.29, 1.82) is 0 Å². The molecule has 0 saturated carbocycles. The molecule has 0 spiro atoms. The van der Waals surface area contributed by atoms with Gasteiger partial charge in [-0.3, -0.25) is 4.79 Å². The van der Waals surface area contributed by atoms with Gasteiger partial charge in [0, 0.05) is 44.0 Å². The molecule has 6 heteroatoms. The lowest BCUT2D eigenvalue weighted by atomic mass is 10.1. The Morgan fingerprint density at radius 1 is 1.11 bits per heavy atom. The minimum atomic E-state index is -0.267. The Morgan fingerprint density at radius 2 is 1.93 bits per heavy atom. The van der Waals surface area contributed by atoms with Crippen molar-refractivity contribution < 1.29 is 9.18 Å². The summed E-state index contributed by atoms with van der Waals surface area (Å²) >= 11 is 0. The van der Waals surface area contributed by atoms with E-state index in [1.54, 1.807) is 12.3 Å². The van der Waals surface area contributed by atoms with E-state index in [4.69, 9.17) is 0 Å². The number of halogens is 1. The van der Waals surface area contributed by atoms with Gasteiger partial charge in [-0.2, -0.15) is 0 Å². The SMILES string of the molecule is CN(C)c1cccc(C(=O)N2CCn3c(-c4cccc(F)c4)cnc3C2)c1. The number of hydrogen-bond acceptors (Lipinski definition) is 3. The maximum atomic E-state index is 13.6. The van der Waals surface area contributed by atoms with Gasteiger partial charge in [0.2, 0.25) is 0 Å². The first-order chi connectivity index (χ1) is 13.0. The van der Waals surface area contributed by atoms with Crippen molar-refractivity contribution in [2.24, 2.45) is 0 Å². The van der Waals surface area contributed by atoms with Crippen molar-refractivity contribution in [3.8, 4) is 11.3 Å². The fourth-order valence-electron chi connectivity index (χ4n) is 3.41. The number of aromatic nitrogens is 2. The Labute approximate surface area is 157 Å². The van der Waals surface area contributed by atoms with Gasteiger partial charge in [-0.05, 0) is 30.3 Å². The molecule has 1 aliphatic rings.